The molecule has 0 saturated carbocycles. The van der Waals surface area contributed by atoms with Crippen LogP contribution in [0.4, 0.5) is 5.69 Å². The van der Waals surface area contributed by atoms with Crippen LogP contribution in [0.15, 0.2) is 48.5 Å². The van der Waals surface area contributed by atoms with Crippen molar-refractivity contribution >= 4 is 17.5 Å². The van der Waals surface area contributed by atoms with Crippen molar-refractivity contribution in [3.05, 3.63) is 65.2 Å². The maximum Gasteiger partial charge on any atom is 0.249 e. The Kier molecular flexibility index (Phi) is 4.88. The Hall–Kier alpha value is -2.62. The zero-order valence-electron chi connectivity index (χ0n) is 15.0. The monoisotopic (exact) mass is 336 g/mol. The van der Waals surface area contributed by atoms with Crippen LogP contribution in [0, 0.1) is 13.8 Å². The molecule has 1 heterocycles. The molecule has 130 valence electrons. The lowest BCUT2D eigenvalue weighted by Gasteiger charge is -2.39. The van der Waals surface area contributed by atoms with Crippen LogP contribution in [0.25, 0.3) is 0 Å². The predicted octanol–water partition coefficient (Wildman–Crippen LogP) is 3.11. The maximum atomic E-state index is 12.9. The molecule has 2 aromatic carbocycles. The molecule has 25 heavy (non-hydrogen) atoms. The van der Waals surface area contributed by atoms with Crippen LogP contribution in [0.2, 0.25) is 0 Å². The molecule has 1 aliphatic rings. The second-order valence-electron chi connectivity index (χ2n) is 6.71. The molecule has 0 radical (unpaired) electrons. The van der Waals surface area contributed by atoms with E-state index in [0.29, 0.717) is 19.5 Å². The second kappa shape index (κ2) is 7.09. The summed E-state index contributed by atoms with van der Waals surface area (Å²) in [5, 5.41) is 0. The van der Waals surface area contributed by atoms with Gasteiger partial charge in [-0.3, -0.25) is 9.59 Å². The third-order valence-electron chi connectivity index (χ3n) is 4.83. The van der Waals surface area contributed by atoms with Crippen molar-refractivity contribution in [1.82, 2.24) is 4.90 Å². The van der Waals surface area contributed by atoms with Crippen molar-refractivity contribution < 1.29 is 9.59 Å². The Morgan fingerprint density at radius 2 is 1.80 bits per heavy atom. The summed E-state index contributed by atoms with van der Waals surface area (Å²) >= 11 is 0. The highest BCUT2D eigenvalue weighted by molar-refractivity contribution is 6.00. The maximum absolute atomic E-state index is 12.9. The molecule has 0 aliphatic carbocycles. The number of piperazine rings is 1. The van der Waals surface area contributed by atoms with Gasteiger partial charge in [0.05, 0.1) is 6.42 Å². The number of carbonyl (C=O) groups excluding carboxylic acids is 2. The Labute approximate surface area is 149 Å². The Morgan fingerprint density at radius 1 is 1.08 bits per heavy atom. The number of hydrogen-bond donors (Lipinski definition) is 0. The van der Waals surface area contributed by atoms with Gasteiger partial charge in [-0.15, -0.1) is 0 Å². The fourth-order valence-electron chi connectivity index (χ4n) is 3.33. The van der Waals surface area contributed by atoms with Crippen LogP contribution < -0.4 is 4.90 Å². The van der Waals surface area contributed by atoms with Gasteiger partial charge < -0.3 is 9.80 Å². The summed E-state index contributed by atoms with van der Waals surface area (Å²) in [6.45, 7) is 6.96. The summed E-state index contributed by atoms with van der Waals surface area (Å²) in [6, 6.07) is 15.4. The summed E-state index contributed by atoms with van der Waals surface area (Å²) in [4.78, 5) is 29.1. The van der Waals surface area contributed by atoms with Crippen molar-refractivity contribution in [3.63, 3.8) is 0 Å². The molecule has 1 fully saturated rings. The molecule has 2 aromatic rings. The van der Waals surface area contributed by atoms with E-state index in [4.69, 9.17) is 0 Å². The minimum atomic E-state index is -0.440. The first-order valence-electron chi connectivity index (χ1n) is 8.69. The van der Waals surface area contributed by atoms with Gasteiger partial charge in [0, 0.05) is 18.8 Å². The second-order valence-corrected chi connectivity index (χ2v) is 6.71. The fourth-order valence-corrected chi connectivity index (χ4v) is 3.33. The molecule has 0 aromatic heterocycles. The van der Waals surface area contributed by atoms with E-state index in [1.54, 1.807) is 4.90 Å². The lowest BCUT2D eigenvalue weighted by atomic mass is 10.1. The molecule has 0 spiro atoms. The number of carbonyl (C=O) groups is 2. The molecular formula is C21H24N2O2. The first-order chi connectivity index (χ1) is 12.0. The Balaban J connectivity index is 1.75. The number of amides is 2. The minimum Gasteiger partial charge on any atom is -0.329 e. The number of aryl methyl sites for hydroxylation is 2. The normalized spacial score (nSPS) is 17.7. The Bertz CT molecular complexity index is 786. The fraction of sp³-hybridized carbons (Fsp3) is 0.333. The molecule has 0 N–H and O–H groups in total. The molecule has 1 aliphatic heterocycles. The molecule has 0 unspecified atom stereocenters. The van der Waals surface area contributed by atoms with E-state index in [-0.39, 0.29) is 11.8 Å². The highest BCUT2D eigenvalue weighted by Crippen LogP contribution is 2.25. The van der Waals surface area contributed by atoms with E-state index in [1.807, 2.05) is 74.2 Å². The average Bonchev–Trinajstić information content (AvgIpc) is 2.60. The number of hydrogen-bond acceptors (Lipinski definition) is 2. The van der Waals surface area contributed by atoms with Gasteiger partial charge in [0.15, 0.2) is 0 Å². The van der Waals surface area contributed by atoms with Gasteiger partial charge >= 0.3 is 0 Å². The molecule has 1 saturated heterocycles. The summed E-state index contributed by atoms with van der Waals surface area (Å²) < 4.78 is 0. The van der Waals surface area contributed by atoms with Gasteiger partial charge in [-0.05, 0) is 43.5 Å². The summed E-state index contributed by atoms with van der Waals surface area (Å²) in [7, 11) is 0. The quantitative estimate of drug-likeness (QED) is 0.864. The van der Waals surface area contributed by atoms with Crippen LogP contribution in [-0.2, 0) is 16.0 Å². The Morgan fingerprint density at radius 3 is 2.52 bits per heavy atom. The zero-order valence-corrected chi connectivity index (χ0v) is 15.0. The van der Waals surface area contributed by atoms with E-state index >= 15 is 0 Å². The van der Waals surface area contributed by atoms with Crippen molar-refractivity contribution in [3.8, 4) is 0 Å². The van der Waals surface area contributed by atoms with E-state index in [9.17, 15) is 9.59 Å². The van der Waals surface area contributed by atoms with Crippen molar-refractivity contribution in [1.29, 1.82) is 0 Å². The molecule has 1 atom stereocenters. The largest absolute Gasteiger partial charge is 0.329 e. The first-order valence-corrected chi connectivity index (χ1v) is 8.69. The lowest BCUT2D eigenvalue weighted by molar-refractivity contribution is -0.140. The zero-order chi connectivity index (χ0) is 18.0. The van der Waals surface area contributed by atoms with Gasteiger partial charge in [-0.2, -0.15) is 0 Å². The lowest BCUT2D eigenvalue weighted by Crippen LogP contribution is -2.58. The molecule has 0 bridgehead atoms. The van der Waals surface area contributed by atoms with E-state index < -0.39 is 6.04 Å². The number of anilines is 1. The van der Waals surface area contributed by atoms with Crippen molar-refractivity contribution in [2.45, 2.75) is 33.2 Å². The smallest absolute Gasteiger partial charge is 0.249 e. The number of rotatable bonds is 3. The molecular weight excluding hydrogens is 312 g/mol. The number of benzene rings is 2. The standard InChI is InChI=1S/C21H24N2O2/c1-15-9-10-16(2)19(13-15)23-12-11-22(17(3)21(23)25)20(24)14-18-7-5-4-6-8-18/h4-10,13,17H,11-12,14H2,1-3H3/t17-/m0/s1. The van der Waals surface area contributed by atoms with Gasteiger partial charge in [0.1, 0.15) is 6.04 Å². The van der Waals surface area contributed by atoms with Crippen molar-refractivity contribution in [2.24, 2.45) is 0 Å². The van der Waals surface area contributed by atoms with Crippen LogP contribution in [-0.4, -0.2) is 35.8 Å². The molecule has 3 rings (SSSR count). The van der Waals surface area contributed by atoms with Crippen LogP contribution in [0.3, 0.4) is 0 Å². The highest BCUT2D eigenvalue weighted by Gasteiger charge is 2.35. The van der Waals surface area contributed by atoms with Gasteiger partial charge in [-0.25, -0.2) is 0 Å². The van der Waals surface area contributed by atoms with E-state index in [1.165, 1.54) is 0 Å². The third kappa shape index (κ3) is 3.58. The summed E-state index contributed by atoms with van der Waals surface area (Å²) in [5.74, 6) is -0.00553. The van der Waals surface area contributed by atoms with Gasteiger partial charge in [-0.1, -0.05) is 42.5 Å². The molecule has 4 heteroatoms. The van der Waals surface area contributed by atoms with Crippen LogP contribution in [0.5, 0.6) is 0 Å². The minimum absolute atomic E-state index is 0.00710. The van der Waals surface area contributed by atoms with Crippen LogP contribution >= 0.6 is 0 Å². The molecule has 2 amide bonds. The van der Waals surface area contributed by atoms with E-state index in [0.717, 1.165) is 22.4 Å². The number of nitrogens with zero attached hydrogens (tertiary/aromatic N) is 2. The third-order valence-corrected chi connectivity index (χ3v) is 4.83. The summed E-state index contributed by atoms with van der Waals surface area (Å²) in [6.07, 6.45) is 0.335. The first kappa shape index (κ1) is 17.2. The topological polar surface area (TPSA) is 40.6 Å². The van der Waals surface area contributed by atoms with Crippen molar-refractivity contribution in [2.75, 3.05) is 18.0 Å². The predicted molar refractivity (Wildman–Crippen MR) is 99.6 cm³/mol. The highest BCUT2D eigenvalue weighted by atomic mass is 16.2. The van der Waals surface area contributed by atoms with E-state index in [2.05, 4.69) is 0 Å². The van der Waals surface area contributed by atoms with Crippen LogP contribution in [0.1, 0.15) is 23.6 Å². The average molecular weight is 336 g/mol. The summed E-state index contributed by atoms with van der Waals surface area (Å²) in [5.41, 5.74) is 4.13. The van der Waals surface area contributed by atoms with Gasteiger partial charge in [0.25, 0.3) is 0 Å². The van der Waals surface area contributed by atoms with Gasteiger partial charge in [0.2, 0.25) is 11.8 Å². The SMILES string of the molecule is Cc1ccc(C)c(N2CCN(C(=O)Cc3ccccc3)[C@@H](C)C2=O)c1. The molecule has 4 nitrogen and oxygen atoms in total.